The Morgan fingerprint density at radius 2 is 2.19 bits per heavy atom. The van der Waals surface area contributed by atoms with Gasteiger partial charge in [0.15, 0.2) is 0 Å². The van der Waals surface area contributed by atoms with Crippen molar-refractivity contribution < 1.29 is 4.79 Å². The highest BCUT2D eigenvalue weighted by Crippen LogP contribution is 2.20. The minimum Gasteiger partial charge on any atom is -0.348 e. The zero-order valence-electron chi connectivity index (χ0n) is 8.97. The predicted molar refractivity (Wildman–Crippen MR) is 67.1 cm³/mol. The molecule has 88 valence electrons. The Kier molecular flexibility index (Phi) is 5.06. The van der Waals surface area contributed by atoms with Gasteiger partial charge < -0.3 is 11.1 Å². The van der Waals surface area contributed by atoms with Gasteiger partial charge in [0.05, 0.1) is 10.6 Å². The second-order valence-corrected chi connectivity index (χ2v) is 4.28. The zero-order valence-corrected chi connectivity index (χ0v) is 10.5. The van der Waals surface area contributed by atoms with E-state index in [0.717, 1.165) is 6.42 Å². The summed E-state index contributed by atoms with van der Waals surface area (Å²) < 4.78 is 0. The van der Waals surface area contributed by atoms with Crippen LogP contribution < -0.4 is 11.1 Å². The fraction of sp³-hybridized carbons (Fsp3) is 0.364. The molecule has 1 aromatic rings. The number of amides is 1. The standard InChI is InChI=1S/C11H14Cl2N2O/c1-2-8(6-14)15-11(16)9-4-3-7(12)5-10(9)13/h3-5,8H,2,6,14H2,1H3,(H,15,16). The molecule has 0 aromatic heterocycles. The van der Waals surface area contributed by atoms with Crippen molar-refractivity contribution in [1.82, 2.24) is 5.32 Å². The van der Waals surface area contributed by atoms with Gasteiger partial charge in [-0.25, -0.2) is 0 Å². The zero-order chi connectivity index (χ0) is 12.1. The first-order valence-corrected chi connectivity index (χ1v) is 5.80. The first kappa shape index (κ1) is 13.3. The molecule has 1 atom stereocenters. The fourth-order valence-electron chi connectivity index (χ4n) is 1.26. The number of hydrogen-bond donors (Lipinski definition) is 2. The highest BCUT2D eigenvalue weighted by atomic mass is 35.5. The summed E-state index contributed by atoms with van der Waals surface area (Å²) in [6.07, 6.45) is 0.785. The van der Waals surface area contributed by atoms with E-state index in [2.05, 4.69) is 5.32 Å². The lowest BCUT2D eigenvalue weighted by Gasteiger charge is -2.15. The van der Waals surface area contributed by atoms with Crippen molar-refractivity contribution in [1.29, 1.82) is 0 Å². The minimum atomic E-state index is -0.223. The highest BCUT2D eigenvalue weighted by Gasteiger charge is 2.13. The summed E-state index contributed by atoms with van der Waals surface area (Å²) in [7, 11) is 0. The molecule has 0 aliphatic carbocycles. The lowest BCUT2D eigenvalue weighted by molar-refractivity contribution is 0.0937. The maximum atomic E-state index is 11.8. The largest absolute Gasteiger partial charge is 0.348 e. The molecule has 0 fully saturated rings. The summed E-state index contributed by atoms with van der Waals surface area (Å²) >= 11 is 11.7. The number of halogens is 2. The van der Waals surface area contributed by atoms with Gasteiger partial charge in [-0.15, -0.1) is 0 Å². The monoisotopic (exact) mass is 260 g/mol. The minimum absolute atomic E-state index is 0.0285. The van der Waals surface area contributed by atoms with E-state index in [1.807, 2.05) is 6.92 Å². The Morgan fingerprint density at radius 1 is 1.50 bits per heavy atom. The third kappa shape index (κ3) is 3.37. The molecule has 0 saturated heterocycles. The predicted octanol–water partition coefficient (Wildman–Crippen LogP) is 2.46. The normalized spacial score (nSPS) is 12.2. The molecule has 0 spiro atoms. The van der Waals surface area contributed by atoms with Crippen LogP contribution in [0.1, 0.15) is 23.7 Å². The first-order chi connectivity index (χ1) is 7.58. The van der Waals surface area contributed by atoms with Crippen molar-refractivity contribution in [3.05, 3.63) is 33.8 Å². The molecule has 1 rings (SSSR count). The molecule has 16 heavy (non-hydrogen) atoms. The van der Waals surface area contributed by atoms with Crippen molar-refractivity contribution in [2.75, 3.05) is 6.54 Å². The lowest BCUT2D eigenvalue weighted by atomic mass is 10.1. The molecule has 1 aromatic carbocycles. The van der Waals surface area contributed by atoms with Crippen LogP contribution in [-0.2, 0) is 0 Å². The summed E-state index contributed by atoms with van der Waals surface area (Å²) in [6.45, 7) is 2.37. The summed E-state index contributed by atoms with van der Waals surface area (Å²) in [5, 5.41) is 3.65. The Balaban J connectivity index is 2.80. The van der Waals surface area contributed by atoms with Crippen molar-refractivity contribution in [2.45, 2.75) is 19.4 Å². The number of rotatable bonds is 4. The maximum Gasteiger partial charge on any atom is 0.253 e. The van der Waals surface area contributed by atoms with Gasteiger partial charge in [-0.05, 0) is 24.6 Å². The lowest BCUT2D eigenvalue weighted by Crippen LogP contribution is -2.39. The van der Waals surface area contributed by atoms with Gasteiger partial charge in [-0.1, -0.05) is 30.1 Å². The van der Waals surface area contributed by atoms with Crippen LogP contribution in [0.25, 0.3) is 0 Å². The molecule has 1 amide bonds. The van der Waals surface area contributed by atoms with Crippen molar-refractivity contribution >= 4 is 29.1 Å². The summed E-state index contributed by atoms with van der Waals surface area (Å²) in [6, 6.07) is 4.75. The molecule has 3 N–H and O–H groups in total. The molecule has 0 aliphatic rings. The summed E-state index contributed by atoms with van der Waals surface area (Å²) in [5.74, 6) is -0.223. The molecule has 5 heteroatoms. The molecule has 0 heterocycles. The SMILES string of the molecule is CCC(CN)NC(=O)c1ccc(Cl)cc1Cl. The van der Waals surface area contributed by atoms with Crippen molar-refractivity contribution in [2.24, 2.45) is 5.73 Å². The van der Waals surface area contributed by atoms with E-state index in [9.17, 15) is 4.79 Å². The average molecular weight is 261 g/mol. The quantitative estimate of drug-likeness (QED) is 0.874. The van der Waals surface area contributed by atoms with Gasteiger partial charge in [-0.3, -0.25) is 4.79 Å². The van der Waals surface area contributed by atoms with E-state index in [-0.39, 0.29) is 11.9 Å². The van der Waals surface area contributed by atoms with Crippen LogP contribution in [0, 0.1) is 0 Å². The van der Waals surface area contributed by atoms with Crippen LogP contribution in [0.3, 0.4) is 0 Å². The van der Waals surface area contributed by atoms with E-state index < -0.39 is 0 Å². The smallest absolute Gasteiger partial charge is 0.253 e. The number of nitrogens with two attached hydrogens (primary N) is 1. The molecule has 0 aliphatic heterocycles. The number of carbonyl (C=O) groups excluding carboxylic acids is 1. The molecule has 0 bridgehead atoms. The number of benzene rings is 1. The molecule has 3 nitrogen and oxygen atoms in total. The van der Waals surface area contributed by atoms with Gasteiger partial charge in [0, 0.05) is 17.6 Å². The van der Waals surface area contributed by atoms with Crippen LogP contribution in [-0.4, -0.2) is 18.5 Å². The van der Waals surface area contributed by atoms with E-state index in [4.69, 9.17) is 28.9 Å². The van der Waals surface area contributed by atoms with Crippen LogP contribution in [0.5, 0.6) is 0 Å². The van der Waals surface area contributed by atoms with Gasteiger partial charge in [0.2, 0.25) is 0 Å². The Morgan fingerprint density at radius 3 is 2.69 bits per heavy atom. The molecular weight excluding hydrogens is 247 g/mol. The third-order valence-electron chi connectivity index (χ3n) is 2.29. The van der Waals surface area contributed by atoms with Gasteiger partial charge in [-0.2, -0.15) is 0 Å². The van der Waals surface area contributed by atoms with E-state index >= 15 is 0 Å². The van der Waals surface area contributed by atoms with E-state index in [1.165, 1.54) is 0 Å². The van der Waals surface area contributed by atoms with E-state index in [0.29, 0.717) is 22.2 Å². The highest BCUT2D eigenvalue weighted by molar-refractivity contribution is 6.36. The van der Waals surface area contributed by atoms with Crippen molar-refractivity contribution in [3.8, 4) is 0 Å². The van der Waals surface area contributed by atoms with Crippen molar-refractivity contribution in [3.63, 3.8) is 0 Å². The van der Waals surface area contributed by atoms with Gasteiger partial charge in [0.1, 0.15) is 0 Å². The van der Waals surface area contributed by atoms with Crippen LogP contribution in [0.4, 0.5) is 0 Å². The second kappa shape index (κ2) is 6.09. The number of nitrogens with one attached hydrogen (secondary N) is 1. The molecule has 0 saturated carbocycles. The molecule has 0 radical (unpaired) electrons. The van der Waals surface area contributed by atoms with Gasteiger partial charge >= 0.3 is 0 Å². The van der Waals surface area contributed by atoms with Crippen LogP contribution >= 0.6 is 23.2 Å². The van der Waals surface area contributed by atoms with Gasteiger partial charge in [0.25, 0.3) is 5.91 Å². The Bertz CT molecular complexity index is 378. The summed E-state index contributed by atoms with van der Waals surface area (Å²) in [4.78, 5) is 11.8. The van der Waals surface area contributed by atoms with E-state index in [1.54, 1.807) is 18.2 Å². The number of carbonyl (C=O) groups is 1. The Hall–Kier alpha value is -0.770. The maximum absolute atomic E-state index is 11.8. The average Bonchev–Trinajstić information content (AvgIpc) is 2.25. The van der Waals surface area contributed by atoms with Crippen LogP contribution in [0.2, 0.25) is 10.0 Å². The molecule has 1 unspecified atom stereocenters. The second-order valence-electron chi connectivity index (χ2n) is 3.44. The fourth-order valence-corrected chi connectivity index (χ4v) is 1.76. The Labute approximate surface area is 105 Å². The molecular formula is C11H14Cl2N2O. The number of hydrogen-bond acceptors (Lipinski definition) is 2. The topological polar surface area (TPSA) is 55.1 Å². The van der Waals surface area contributed by atoms with Crippen LogP contribution in [0.15, 0.2) is 18.2 Å². The first-order valence-electron chi connectivity index (χ1n) is 5.04. The summed E-state index contributed by atoms with van der Waals surface area (Å²) in [5.41, 5.74) is 5.92. The third-order valence-corrected chi connectivity index (χ3v) is 2.84.